The van der Waals surface area contributed by atoms with Crippen LogP contribution in [0.1, 0.15) is 34.5 Å². The van der Waals surface area contributed by atoms with Gasteiger partial charge in [-0.1, -0.05) is 31.2 Å². The summed E-state index contributed by atoms with van der Waals surface area (Å²) in [5.74, 6) is -8.67. The third-order valence-corrected chi connectivity index (χ3v) is 3.63. The highest BCUT2D eigenvalue weighted by atomic mass is 19.2. The molecule has 0 aliphatic carbocycles. The summed E-state index contributed by atoms with van der Waals surface area (Å²) in [6, 6.07) is 6.30. The summed E-state index contributed by atoms with van der Waals surface area (Å²) < 4.78 is 53.0. The molecule has 0 saturated carbocycles. The molecule has 1 unspecified atom stereocenters. The van der Waals surface area contributed by atoms with Crippen molar-refractivity contribution in [2.24, 2.45) is 0 Å². The standard InChI is InChI=1S/C17H15F4NO2/c1-2-9-3-5-10(6-4-9)13(8-23)22-17(24)11-7-12(18)15(20)16(21)14(11)19/h3-7,13,23H,2,8H2,1H3,(H,22,24). The molecule has 2 rings (SSSR count). The molecular weight excluding hydrogens is 326 g/mol. The first-order chi connectivity index (χ1) is 11.4. The fourth-order valence-electron chi connectivity index (χ4n) is 2.19. The van der Waals surface area contributed by atoms with E-state index in [9.17, 15) is 27.5 Å². The fraction of sp³-hybridized carbons (Fsp3) is 0.235. The maximum absolute atomic E-state index is 13.6. The second-order valence-electron chi connectivity index (χ2n) is 5.15. The monoisotopic (exact) mass is 341 g/mol. The van der Waals surface area contributed by atoms with E-state index in [2.05, 4.69) is 5.32 Å². The Hall–Kier alpha value is -2.41. The van der Waals surface area contributed by atoms with Gasteiger partial charge < -0.3 is 10.4 Å². The van der Waals surface area contributed by atoms with Crippen LogP contribution in [0.3, 0.4) is 0 Å². The highest BCUT2D eigenvalue weighted by molar-refractivity contribution is 5.94. The van der Waals surface area contributed by atoms with Crippen molar-refractivity contribution in [2.75, 3.05) is 6.61 Å². The number of nitrogens with one attached hydrogen (secondary N) is 1. The van der Waals surface area contributed by atoms with E-state index in [1.807, 2.05) is 6.92 Å². The summed E-state index contributed by atoms with van der Waals surface area (Å²) in [6.45, 7) is 1.45. The molecule has 0 bridgehead atoms. The molecule has 1 amide bonds. The average Bonchev–Trinajstić information content (AvgIpc) is 2.60. The summed E-state index contributed by atoms with van der Waals surface area (Å²) >= 11 is 0. The molecule has 2 N–H and O–H groups in total. The minimum absolute atomic E-state index is 0.275. The molecule has 1 atom stereocenters. The van der Waals surface area contributed by atoms with Gasteiger partial charge in [0.2, 0.25) is 0 Å². The molecule has 128 valence electrons. The van der Waals surface area contributed by atoms with Crippen LogP contribution < -0.4 is 5.32 Å². The lowest BCUT2D eigenvalue weighted by molar-refractivity contribution is 0.0910. The lowest BCUT2D eigenvalue weighted by Gasteiger charge is -2.17. The SMILES string of the molecule is CCc1ccc(C(CO)NC(=O)c2cc(F)c(F)c(F)c2F)cc1. The van der Waals surface area contributed by atoms with Crippen molar-refractivity contribution in [3.05, 3.63) is 70.3 Å². The van der Waals surface area contributed by atoms with Gasteiger partial charge in [-0.25, -0.2) is 17.6 Å². The van der Waals surface area contributed by atoms with Crippen LogP contribution in [0.4, 0.5) is 17.6 Å². The first kappa shape index (κ1) is 17.9. The number of carbonyl (C=O) groups excluding carboxylic acids is 1. The number of aliphatic hydroxyl groups excluding tert-OH is 1. The zero-order valence-corrected chi connectivity index (χ0v) is 12.7. The van der Waals surface area contributed by atoms with Gasteiger partial charge in [0.25, 0.3) is 5.91 Å². The summed E-state index contributed by atoms with van der Waals surface area (Å²) in [5, 5.41) is 11.7. The number of aliphatic hydroxyl groups is 1. The molecule has 0 aromatic heterocycles. The highest BCUT2D eigenvalue weighted by Crippen LogP contribution is 2.20. The second kappa shape index (κ2) is 7.44. The smallest absolute Gasteiger partial charge is 0.255 e. The molecule has 7 heteroatoms. The van der Waals surface area contributed by atoms with Crippen LogP contribution in [0.5, 0.6) is 0 Å². The van der Waals surface area contributed by atoms with Gasteiger partial charge in [0, 0.05) is 0 Å². The Labute approximate surface area is 135 Å². The van der Waals surface area contributed by atoms with Crippen LogP contribution in [0, 0.1) is 23.3 Å². The van der Waals surface area contributed by atoms with Gasteiger partial charge in [0.05, 0.1) is 18.2 Å². The normalized spacial score (nSPS) is 12.1. The maximum Gasteiger partial charge on any atom is 0.255 e. The summed E-state index contributed by atoms with van der Waals surface area (Å²) in [6.07, 6.45) is 0.801. The van der Waals surface area contributed by atoms with Crippen LogP contribution in [0.15, 0.2) is 30.3 Å². The van der Waals surface area contributed by atoms with E-state index in [1.54, 1.807) is 24.3 Å². The van der Waals surface area contributed by atoms with Crippen molar-refractivity contribution in [3.8, 4) is 0 Å². The van der Waals surface area contributed by atoms with Crippen LogP contribution in [0.25, 0.3) is 0 Å². The minimum atomic E-state index is -2.06. The van der Waals surface area contributed by atoms with E-state index in [4.69, 9.17) is 0 Å². The van der Waals surface area contributed by atoms with Crippen LogP contribution in [-0.4, -0.2) is 17.6 Å². The van der Waals surface area contributed by atoms with Gasteiger partial charge >= 0.3 is 0 Å². The Kier molecular flexibility index (Phi) is 5.56. The lowest BCUT2D eigenvalue weighted by Crippen LogP contribution is -2.31. The Morgan fingerprint density at radius 1 is 1.08 bits per heavy atom. The predicted octanol–water partition coefficient (Wildman–Crippen LogP) is 3.27. The molecule has 3 nitrogen and oxygen atoms in total. The molecule has 0 aliphatic rings. The van der Waals surface area contributed by atoms with E-state index in [0.717, 1.165) is 12.0 Å². The van der Waals surface area contributed by atoms with E-state index in [1.165, 1.54) is 0 Å². The number of rotatable bonds is 5. The number of aryl methyl sites for hydroxylation is 1. The van der Waals surface area contributed by atoms with Crippen molar-refractivity contribution in [1.29, 1.82) is 0 Å². The topological polar surface area (TPSA) is 49.3 Å². The largest absolute Gasteiger partial charge is 0.394 e. The van der Waals surface area contributed by atoms with Crippen LogP contribution >= 0.6 is 0 Å². The van der Waals surface area contributed by atoms with E-state index in [0.29, 0.717) is 5.56 Å². The molecule has 0 fully saturated rings. The maximum atomic E-state index is 13.6. The number of hydrogen-bond acceptors (Lipinski definition) is 2. The summed E-state index contributed by atoms with van der Waals surface area (Å²) in [4.78, 5) is 12.0. The third-order valence-electron chi connectivity index (χ3n) is 3.63. The Bertz CT molecular complexity index is 747. The van der Waals surface area contributed by atoms with Gasteiger partial charge in [-0.3, -0.25) is 4.79 Å². The number of hydrogen-bond donors (Lipinski definition) is 2. The number of halogens is 4. The Morgan fingerprint density at radius 2 is 1.71 bits per heavy atom. The van der Waals surface area contributed by atoms with E-state index in [-0.39, 0.29) is 6.07 Å². The van der Waals surface area contributed by atoms with Crippen LogP contribution in [0.2, 0.25) is 0 Å². The van der Waals surface area contributed by atoms with Gasteiger partial charge in [-0.05, 0) is 23.6 Å². The third kappa shape index (κ3) is 3.56. The molecule has 24 heavy (non-hydrogen) atoms. The van der Waals surface area contributed by atoms with Gasteiger partial charge in [0.1, 0.15) is 0 Å². The molecule has 2 aromatic rings. The number of carbonyl (C=O) groups is 1. The van der Waals surface area contributed by atoms with Crippen molar-refractivity contribution in [2.45, 2.75) is 19.4 Å². The molecule has 0 saturated heterocycles. The van der Waals surface area contributed by atoms with Gasteiger partial charge in [0.15, 0.2) is 23.3 Å². The number of benzene rings is 2. The molecule has 0 heterocycles. The highest BCUT2D eigenvalue weighted by Gasteiger charge is 2.24. The van der Waals surface area contributed by atoms with Crippen molar-refractivity contribution < 1.29 is 27.5 Å². The molecule has 0 radical (unpaired) electrons. The first-order valence-electron chi connectivity index (χ1n) is 7.22. The predicted molar refractivity (Wildman–Crippen MR) is 79.4 cm³/mol. The molecule has 2 aromatic carbocycles. The van der Waals surface area contributed by atoms with E-state index >= 15 is 0 Å². The van der Waals surface area contributed by atoms with Crippen molar-refractivity contribution in [3.63, 3.8) is 0 Å². The fourth-order valence-corrected chi connectivity index (χ4v) is 2.19. The Balaban J connectivity index is 2.26. The van der Waals surface area contributed by atoms with Crippen LogP contribution in [-0.2, 0) is 6.42 Å². The van der Waals surface area contributed by atoms with Crippen molar-refractivity contribution >= 4 is 5.91 Å². The van der Waals surface area contributed by atoms with Gasteiger partial charge in [-0.2, -0.15) is 0 Å². The van der Waals surface area contributed by atoms with Gasteiger partial charge in [-0.15, -0.1) is 0 Å². The molecule has 0 aliphatic heterocycles. The summed E-state index contributed by atoms with van der Waals surface area (Å²) in [5.41, 5.74) is 0.594. The van der Waals surface area contributed by atoms with E-state index < -0.39 is 47.4 Å². The zero-order valence-electron chi connectivity index (χ0n) is 12.7. The number of amides is 1. The minimum Gasteiger partial charge on any atom is -0.394 e. The quantitative estimate of drug-likeness (QED) is 0.498. The lowest BCUT2D eigenvalue weighted by atomic mass is 10.0. The summed E-state index contributed by atoms with van der Waals surface area (Å²) in [7, 11) is 0. The zero-order chi connectivity index (χ0) is 17.9. The first-order valence-corrected chi connectivity index (χ1v) is 7.22. The Morgan fingerprint density at radius 3 is 2.25 bits per heavy atom. The molecule has 0 spiro atoms. The van der Waals surface area contributed by atoms with Crippen molar-refractivity contribution in [1.82, 2.24) is 5.32 Å². The molecular formula is C17H15F4NO2. The average molecular weight is 341 g/mol. The second-order valence-corrected chi connectivity index (χ2v) is 5.15.